The lowest BCUT2D eigenvalue weighted by Crippen LogP contribution is -1.94. The van der Waals surface area contributed by atoms with E-state index in [0.29, 0.717) is 34.1 Å². The van der Waals surface area contributed by atoms with E-state index >= 15 is 0 Å². The highest BCUT2D eigenvalue weighted by Gasteiger charge is 2.17. The Morgan fingerprint density at radius 1 is 0.789 bits per heavy atom. The first-order valence-electron chi connectivity index (χ1n) is 11.3. The first-order chi connectivity index (χ1) is 18.5. The van der Waals surface area contributed by atoms with Crippen LogP contribution in [-0.4, -0.2) is 49.0 Å². The summed E-state index contributed by atoms with van der Waals surface area (Å²) in [6, 6.07) is 17.7. The van der Waals surface area contributed by atoms with Crippen molar-refractivity contribution in [2.75, 3.05) is 20.0 Å². The summed E-state index contributed by atoms with van der Waals surface area (Å²) in [4.78, 5) is 33.8. The van der Waals surface area contributed by atoms with Crippen LogP contribution in [0.25, 0.3) is 45.1 Å². The molecule has 0 aliphatic carbocycles. The number of nitrogens with one attached hydrogen (secondary N) is 2. The number of hydrogen-bond donors (Lipinski definition) is 3. The third-order valence-electron chi connectivity index (χ3n) is 5.67. The van der Waals surface area contributed by atoms with Crippen molar-refractivity contribution in [1.29, 1.82) is 0 Å². The largest absolute Gasteiger partial charge is 0.495 e. The molecule has 0 fully saturated rings. The molecule has 38 heavy (non-hydrogen) atoms. The van der Waals surface area contributed by atoms with E-state index in [2.05, 4.69) is 29.9 Å². The van der Waals surface area contributed by atoms with Gasteiger partial charge in [-0.05, 0) is 54.6 Å². The van der Waals surface area contributed by atoms with Gasteiger partial charge in [-0.1, -0.05) is 0 Å². The Bertz CT molecular complexity index is 1700. The van der Waals surface area contributed by atoms with Gasteiger partial charge >= 0.3 is 5.69 Å². The summed E-state index contributed by atoms with van der Waals surface area (Å²) >= 11 is 0. The van der Waals surface area contributed by atoms with Crippen molar-refractivity contribution in [3.63, 3.8) is 0 Å². The molecule has 0 radical (unpaired) electrons. The number of nitrogens with zero attached hydrogens (tertiary/aromatic N) is 5. The molecule has 0 amide bonds. The third kappa shape index (κ3) is 4.78. The number of nitro groups is 1. The van der Waals surface area contributed by atoms with Crippen molar-refractivity contribution >= 4 is 33.7 Å². The molecule has 2 aromatic carbocycles. The summed E-state index contributed by atoms with van der Waals surface area (Å²) in [6.07, 6.45) is 3.36. The normalized spacial score (nSPS) is 10.7. The zero-order valence-corrected chi connectivity index (χ0v) is 20.4. The predicted octanol–water partition coefficient (Wildman–Crippen LogP) is 4.76. The Balaban J connectivity index is 0.000000156. The second-order valence-corrected chi connectivity index (χ2v) is 8.02. The molecule has 0 bridgehead atoms. The number of ether oxygens (including phenoxy) is 2. The fraction of sp³-hybridized carbons (Fsp3) is 0.0769. The molecule has 4 N–H and O–H groups in total. The summed E-state index contributed by atoms with van der Waals surface area (Å²) in [6.45, 7) is 0. The van der Waals surface area contributed by atoms with Crippen LogP contribution in [0.15, 0.2) is 73.1 Å². The summed E-state index contributed by atoms with van der Waals surface area (Å²) < 4.78 is 10.1. The number of imidazole rings is 2. The van der Waals surface area contributed by atoms with Crippen LogP contribution in [0.4, 0.5) is 11.4 Å². The number of pyridine rings is 2. The van der Waals surface area contributed by atoms with E-state index in [-0.39, 0.29) is 11.4 Å². The van der Waals surface area contributed by atoms with E-state index in [1.165, 1.54) is 13.2 Å². The van der Waals surface area contributed by atoms with Crippen LogP contribution >= 0.6 is 0 Å². The average Bonchev–Trinajstić information content (AvgIpc) is 3.57. The Hall–Kier alpha value is -5.52. The molecule has 12 heteroatoms. The second-order valence-electron chi connectivity index (χ2n) is 8.02. The lowest BCUT2D eigenvalue weighted by molar-refractivity contribution is -0.385. The van der Waals surface area contributed by atoms with Gasteiger partial charge in [0.25, 0.3) is 0 Å². The van der Waals surface area contributed by atoms with Gasteiger partial charge in [-0.3, -0.25) is 10.1 Å². The molecule has 190 valence electrons. The SMILES string of the molecule is COc1ccc(-c2nc3ncccc3[nH]2)cc1N.COc1ccc(-c2nc3ncccc3[nH]2)cc1[N+](=O)[O-]. The molecular formula is C26H22N8O4. The lowest BCUT2D eigenvalue weighted by atomic mass is 10.2. The molecule has 0 saturated heterocycles. The quantitative estimate of drug-likeness (QED) is 0.168. The van der Waals surface area contributed by atoms with E-state index in [0.717, 1.165) is 22.4 Å². The molecule has 0 unspecified atom stereocenters. The van der Waals surface area contributed by atoms with E-state index in [1.807, 2.05) is 36.4 Å². The van der Waals surface area contributed by atoms with Gasteiger partial charge in [0.2, 0.25) is 0 Å². The molecule has 6 rings (SSSR count). The number of fused-ring (bicyclic) bond motifs is 2. The van der Waals surface area contributed by atoms with Gasteiger partial charge in [-0.25, -0.2) is 19.9 Å². The number of H-pyrrole nitrogens is 2. The molecule has 4 aromatic heterocycles. The molecule has 0 spiro atoms. The number of aromatic amines is 2. The van der Waals surface area contributed by atoms with Gasteiger partial charge < -0.3 is 25.2 Å². The topological polar surface area (TPSA) is 171 Å². The molecular weight excluding hydrogens is 488 g/mol. The van der Waals surface area contributed by atoms with Crippen LogP contribution in [0, 0.1) is 10.1 Å². The van der Waals surface area contributed by atoms with Crippen LogP contribution < -0.4 is 15.2 Å². The van der Waals surface area contributed by atoms with Crippen molar-refractivity contribution in [2.24, 2.45) is 0 Å². The third-order valence-corrected chi connectivity index (χ3v) is 5.67. The summed E-state index contributed by atoms with van der Waals surface area (Å²) in [7, 11) is 2.99. The highest BCUT2D eigenvalue weighted by atomic mass is 16.6. The molecule has 0 saturated carbocycles. The van der Waals surface area contributed by atoms with Crippen molar-refractivity contribution in [1.82, 2.24) is 29.9 Å². The average molecular weight is 511 g/mol. The number of hydrogen-bond acceptors (Lipinski definition) is 9. The number of anilines is 1. The maximum atomic E-state index is 11.0. The minimum atomic E-state index is -0.483. The zero-order valence-electron chi connectivity index (χ0n) is 20.4. The highest BCUT2D eigenvalue weighted by Crippen LogP contribution is 2.31. The number of nitrogen functional groups attached to an aromatic ring is 1. The van der Waals surface area contributed by atoms with Gasteiger partial charge in [0, 0.05) is 29.6 Å². The Kier molecular flexibility index (Phi) is 6.51. The van der Waals surface area contributed by atoms with Crippen molar-refractivity contribution in [3.05, 3.63) is 83.2 Å². The Morgan fingerprint density at radius 3 is 1.79 bits per heavy atom. The molecule has 4 heterocycles. The highest BCUT2D eigenvalue weighted by molar-refractivity contribution is 5.78. The van der Waals surface area contributed by atoms with Gasteiger partial charge in [0.05, 0.1) is 35.9 Å². The summed E-state index contributed by atoms with van der Waals surface area (Å²) in [5.41, 5.74) is 10.8. The second kappa shape index (κ2) is 10.2. The van der Waals surface area contributed by atoms with E-state index in [1.54, 1.807) is 37.7 Å². The van der Waals surface area contributed by atoms with Gasteiger partial charge in [0.1, 0.15) is 17.4 Å². The first kappa shape index (κ1) is 24.2. The van der Waals surface area contributed by atoms with Crippen LogP contribution in [0.5, 0.6) is 11.5 Å². The van der Waals surface area contributed by atoms with Gasteiger partial charge in [-0.2, -0.15) is 0 Å². The van der Waals surface area contributed by atoms with E-state index < -0.39 is 4.92 Å². The van der Waals surface area contributed by atoms with Gasteiger partial charge in [-0.15, -0.1) is 0 Å². The van der Waals surface area contributed by atoms with Crippen molar-refractivity contribution in [2.45, 2.75) is 0 Å². The molecule has 0 aliphatic rings. The minimum Gasteiger partial charge on any atom is -0.495 e. The van der Waals surface area contributed by atoms with Crippen LogP contribution in [0.3, 0.4) is 0 Å². The zero-order chi connectivity index (χ0) is 26.6. The van der Waals surface area contributed by atoms with Crippen molar-refractivity contribution in [3.8, 4) is 34.3 Å². The molecule has 0 aliphatic heterocycles. The fourth-order valence-electron chi connectivity index (χ4n) is 3.83. The lowest BCUT2D eigenvalue weighted by Gasteiger charge is -2.05. The number of benzene rings is 2. The smallest absolute Gasteiger partial charge is 0.311 e. The predicted molar refractivity (Wildman–Crippen MR) is 143 cm³/mol. The standard InChI is InChI=1S/C13H10N4O3.C13H12N4O/c1-20-11-5-4-8(7-10(11)17(18)19)12-15-9-3-2-6-14-13(9)16-12;1-18-11-5-4-8(7-9(11)14)12-16-10-3-2-6-15-13(10)17-12/h2-7H,1H3,(H,14,15,16);2-7H,14H2,1H3,(H,15,16,17). The molecule has 0 atom stereocenters. The fourth-order valence-corrected chi connectivity index (χ4v) is 3.83. The number of nitro benzene ring substituents is 1. The van der Waals surface area contributed by atoms with E-state index in [9.17, 15) is 10.1 Å². The van der Waals surface area contributed by atoms with Crippen LogP contribution in [0.2, 0.25) is 0 Å². The van der Waals surface area contributed by atoms with E-state index in [4.69, 9.17) is 15.2 Å². The summed E-state index contributed by atoms with van der Waals surface area (Å²) in [5, 5.41) is 11.0. The number of rotatable bonds is 5. The van der Waals surface area contributed by atoms with Crippen LogP contribution in [0.1, 0.15) is 0 Å². The monoisotopic (exact) mass is 510 g/mol. The maximum absolute atomic E-state index is 11.0. The number of nitrogens with two attached hydrogens (primary N) is 1. The van der Waals surface area contributed by atoms with Crippen LogP contribution in [-0.2, 0) is 0 Å². The molecule has 6 aromatic rings. The Labute approximate surface area is 215 Å². The van der Waals surface area contributed by atoms with Gasteiger partial charge in [0.15, 0.2) is 17.0 Å². The van der Waals surface area contributed by atoms with Crippen molar-refractivity contribution < 1.29 is 14.4 Å². The Morgan fingerprint density at radius 2 is 1.32 bits per heavy atom. The first-order valence-corrected chi connectivity index (χ1v) is 11.3. The minimum absolute atomic E-state index is 0.0987. The molecule has 12 nitrogen and oxygen atoms in total. The summed E-state index contributed by atoms with van der Waals surface area (Å²) in [5.74, 6) is 2.16. The number of methoxy groups -OCH3 is 2. The maximum Gasteiger partial charge on any atom is 0.311 e. The number of aromatic nitrogens is 6.